The number of nitrogens with one attached hydrogen (secondary N) is 2. The Morgan fingerprint density at radius 1 is 0.977 bits per heavy atom. The van der Waals surface area contributed by atoms with Gasteiger partial charge >= 0.3 is 12.2 Å². The summed E-state index contributed by atoms with van der Waals surface area (Å²) in [7, 11) is 0. The Hall–Kier alpha value is -3.41. The molecule has 2 aliphatic heterocycles. The van der Waals surface area contributed by atoms with Crippen molar-refractivity contribution in [2.75, 3.05) is 49.5 Å². The summed E-state index contributed by atoms with van der Waals surface area (Å²) in [5, 5.41) is 5.24. The molecule has 11 nitrogen and oxygen atoms in total. The number of rotatable bonds is 10. The first kappa shape index (κ1) is 34.1. The van der Waals surface area contributed by atoms with Crippen LogP contribution in [0.25, 0.3) is 0 Å². The summed E-state index contributed by atoms with van der Waals surface area (Å²) in [6.07, 6.45) is 3.09. The monoisotopic (exact) mass is 605 g/mol. The lowest BCUT2D eigenvalue weighted by Crippen LogP contribution is -2.50. The molecule has 2 fully saturated rings. The Bertz CT molecular complexity index is 1140. The van der Waals surface area contributed by atoms with Crippen molar-refractivity contribution >= 4 is 35.4 Å². The van der Waals surface area contributed by atoms with Crippen LogP contribution >= 0.6 is 0 Å². The number of imide groups is 1. The van der Waals surface area contributed by atoms with E-state index in [0.29, 0.717) is 38.2 Å². The van der Waals surface area contributed by atoms with Gasteiger partial charge in [0.15, 0.2) is 0 Å². The molecule has 2 saturated heterocycles. The number of amides is 4. The van der Waals surface area contributed by atoms with Gasteiger partial charge in [0, 0.05) is 44.8 Å². The highest BCUT2D eigenvalue weighted by molar-refractivity contribution is 6.01. The first-order valence-corrected chi connectivity index (χ1v) is 15.2. The fourth-order valence-electron chi connectivity index (χ4n) is 4.91. The van der Waals surface area contributed by atoms with Gasteiger partial charge in [0.1, 0.15) is 23.1 Å². The average Bonchev–Trinajstić information content (AvgIpc) is 2.89. The number of halogens is 1. The predicted octanol–water partition coefficient (Wildman–Crippen LogP) is 4.90. The molecule has 0 saturated carbocycles. The summed E-state index contributed by atoms with van der Waals surface area (Å²) in [4.78, 5) is 54.2. The fraction of sp³-hybridized carbons (Fsp3) is 0.677. The van der Waals surface area contributed by atoms with E-state index in [2.05, 4.69) is 15.5 Å². The lowest BCUT2D eigenvalue weighted by atomic mass is 10.1. The van der Waals surface area contributed by atoms with E-state index in [9.17, 15) is 19.2 Å². The molecule has 43 heavy (non-hydrogen) atoms. The zero-order valence-corrected chi connectivity index (χ0v) is 26.5. The maximum atomic E-state index is 15.3. The number of anilines is 2. The third-order valence-corrected chi connectivity index (χ3v) is 7.06. The molecule has 0 bridgehead atoms. The van der Waals surface area contributed by atoms with Crippen molar-refractivity contribution in [2.45, 2.75) is 97.3 Å². The minimum Gasteiger partial charge on any atom is -0.444 e. The second-order valence-corrected chi connectivity index (χ2v) is 13.2. The molecule has 12 heteroatoms. The van der Waals surface area contributed by atoms with Crippen LogP contribution in [0.1, 0.15) is 80.1 Å². The van der Waals surface area contributed by atoms with E-state index in [1.807, 2.05) is 20.8 Å². The van der Waals surface area contributed by atoms with E-state index in [0.717, 1.165) is 38.9 Å². The molecular weight excluding hydrogens is 557 g/mol. The van der Waals surface area contributed by atoms with E-state index in [1.165, 1.54) is 17.0 Å². The summed E-state index contributed by atoms with van der Waals surface area (Å²) >= 11 is 0. The molecule has 2 aliphatic rings. The number of carbonyl (C=O) groups excluding carboxylic acids is 4. The number of unbranched alkanes of at least 4 members (excludes halogenated alkanes) is 3. The summed E-state index contributed by atoms with van der Waals surface area (Å²) in [6, 6.07) is 3.73. The quantitative estimate of drug-likeness (QED) is 0.286. The van der Waals surface area contributed by atoms with Crippen molar-refractivity contribution in [3.05, 3.63) is 24.0 Å². The van der Waals surface area contributed by atoms with Gasteiger partial charge in [0.25, 0.3) is 0 Å². The van der Waals surface area contributed by atoms with E-state index in [-0.39, 0.29) is 24.1 Å². The van der Waals surface area contributed by atoms with Crippen molar-refractivity contribution in [2.24, 2.45) is 0 Å². The third kappa shape index (κ3) is 11.3. The van der Waals surface area contributed by atoms with Gasteiger partial charge in [-0.1, -0.05) is 12.8 Å². The van der Waals surface area contributed by atoms with Gasteiger partial charge in [-0.3, -0.25) is 24.7 Å². The van der Waals surface area contributed by atoms with Crippen molar-refractivity contribution < 1.29 is 33.0 Å². The van der Waals surface area contributed by atoms with E-state index >= 15 is 4.39 Å². The topological polar surface area (TPSA) is 121 Å². The van der Waals surface area contributed by atoms with Gasteiger partial charge in [-0.2, -0.15) is 0 Å². The number of hydrogen-bond acceptors (Lipinski definition) is 8. The van der Waals surface area contributed by atoms with Crippen LogP contribution < -0.4 is 15.5 Å². The van der Waals surface area contributed by atoms with Crippen LogP contribution in [0.2, 0.25) is 0 Å². The van der Waals surface area contributed by atoms with Crippen molar-refractivity contribution in [1.82, 2.24) is 15.1 Å². The maximum absolute atomic E-state index is 15.3. The number of piperazine rings is 1. The second-order valence-electron chi connectivity index (χ2n) is 13.2. The van der Waals surface area contributed by atoms with Gasteiger partial charge in [0.05, 0.1) is 5.69 Å². The van der Waals surface area contributed by atoms with Crippen molar-refractivity contribution in [3.8, 4) is 0 Å². The van der Waals surface area contributed by atoms with Gasteiger partial charge in [-0.15, -0.1) is 0 Å². The highest BCUT2D eigenvalue weighted by atomic mass is 19.1. The lowest BCUT2D eigenvalue weighted by molar-refractivity contribution is -0.133. The molecular formula is C31H48FN5O6. The lowest BCUT2D eigenvalue weighted by Gasteiger charge is -2.35. The summed E-state index contributed by atoms with van der Waals surface area (Å²) < 4.78 is 26.4. The highest BCUT2D eigenvalue weighted by Crippen LogP contribution is 2.27. The Morgan fingerprint density at radius 2 is 1.63 bits per heavy atom. The van der Waals surface area contributed by atoms with Crippen molar-refractivity contribution in [1.29, 1.82) is 0 Å². The van der Waals surface area contributed by atoms with E-state index in [1.54, 1.807) is 31.7 Å². The predicted molar refractivity (Wildman–Crippen MR) is 162 cm³/mol. The molecule has 2 N–H and O–H groups in total. The van der Waals surface area contributed by atoms with Gasteiger partial charge in [-0.05, 0) is 85.5 Å². The fourth-order valence-corrected chi connectivity index (χ4v) is 4.91. The van der Waals surface area contributed by atoms with Gasteiger partial charge in [-0.25, -0.2) is 14.0 Å². The minimum absolute atomic E-state index is 0.103. The van der Waals surface area contributed by atoms with E-state index in [4.69, 9.17) is 9.47 Å². The van der Waals surface area contributed by atoms with Crippen LogP contribution in [0.15, 0.2) is 18.2 Å². The van der Waals surface area contributed by atoms with Gasteiger partial charge < -0.3 is 19.7 Å². The Balaban J connectivity index is 1.48. The molecule has 4 amide bonds. The van der Waals surface area contributed by atoms with Crippen LogP contribution in [-0.2, 0) is 19.1 Å². The number of hydrogen-bond donors (Lipinski definition) is 2. The molecule has 2 heterocycles. The third-order valence-electron chi connectivity index (χ3n) is 7.06. The standard InChI is InChI=1S/C31H48FN5O6/c1-30(2,3)42-28(40)36-19-17-35(18-20-36)15-9-7-8-10-16-37(29(41)43-31(4,5)6)25-13-11-22(21-23(25)32)33-24-12-14-26(38)34-27(24)39/h11,13,21,24,33H,7-10,12,14-20H2,1-6H3,(H,34,38,39). The number of benzene rings is 1. The number of carbonyl (C=O) groups is 4. The normalized spacial score (nSPS) is 18.2. The molecule has 0 spiro atoms. The molecule has 1 atom stereocenters. The molecule has 1 aromatic rings. The zero-order valence-electron chi connectivity index (χ0n) is 26.5. The van der Waals surface area contributed by atoms with Crippen LogP contribution in [0, 0.1) is 5.82 Å². The largest absolute Gasteiger partial charge is 0.444 e. The average molecular weight is 606 g/mol. The first-order chi connectivity index (χ1) is 20.1. The Morgan fingerprint density at radius 3 is 2.23 bits per heavy atom. The van der Waals surface area contributed by atoms with Crippen LogP contribution in [0.5, 0.6) is 0 Å². The summed E-state index contributed by atoms with van der Waals surface area (Å²) in [5.74, 6) is -1.39. The van der Waals surface area contributed by atoms with E-state index < -0.39 is 35.1 Å². The van der Waals surface area contributed by atoms with Crippen LogP contribution in [0.3, 0.4) is 0 Å². The molecule has 1 aromatic carbocycles. The maximum Gasteiger partial charge on any atom is 0.414 e. The molecule has 0 radical (unpaired) electrons. The molecule has 3 rings (SSSR count). The first-order valence-electron chi connectivity index (χ1n) is 15.2. The zero-order chi connectivity index (χ0) is 31.8. The Labute approximate surface area is 254 Å². The Kier molecular flexibility index (Phi) is 11.8. The second kappa shape index (κ2) is 14.9. The summed E-state index contributed by atoms with van der Waals surface area (Å²) in [6.45, 7) is 15.0. The number of ether oxygens (including phenoxy) is 2. The van der Waals surface area contributed by atoms with Crippen LogP contribution in [-0.4, -0.2) is 90.3 Å². The SMILES string of the molecule is CC(C)(C)OC(=O)N1CCN(CCCCCCN(C(=O)OC(C)(C)C)c2ccc(NC3CCC(=O)NC3=O)cc2F)CC1. The molecule has 1 unspecified atom stereocenters. The molecule has 0 aliphatic carbocycles. The number of piperidine rings is 1. The minimum atomic E-state index is -0.743. The smallest absolute Gasteiger partial charge is 0.414 e. The number of nitrogens with zero attached hydrogens (tertiary/aromatic N) is 3. The molecule has 240 valence electrons. The highest BCUT2D eigenvalue weighted by Gasteiger charge is 2.29. The van der Waals surface area contributed by atoms with Gasteiger partial charge in [0.2, 0.25) is 11.8 Å². The summed E-state index contributed by atoms with van der Waals surface area (Å²) in [5.41, 5.74) is -0.762. The van der Waals surface area contributed by atoms with Crippen LogP contribution in [0.4, 0.5) is 25.4 Å². The van der Waals surface area contributed by atoms with Crippen molar-refractivity contribution in [3.63, 3.8) is 0 Å². The molecule has 0 aromatic heterocycles.